The van der Waals surface area contributed by atoms with Gasteiger partial charge in [0.1, 0.15) is 12.4 Å². The third-order valence-corrected chi connectivity index (χ3v) is 5.77. The number of halogens is 1. The quantitative estimate of drug-likeness (QED) is 0.461. The van der Waals surface area contributed by atoms with Gasteiger partial charge in [0.2, 0.25) is 0 Å². The molecular weight excluding hydrogens is 460 g/mol. The fraction of sp³-hybridized carbons (Fsp3) is 0.0833. The van der Waals surface area contributed by atoms with E-state index in [1.807, 2.05) is 42.7 Å². The normalized spacial score (nSPS) is 13.6. The van der Waals surface area contributed by atoms with Crippen molar-refractivity contribution < 1.29 is 20.1 Å². The van der Waals surface area contributed by atoms with Crippen molar-refractivity contribution in [1.29, 1.82) is 0 Å². The number of hydrogen-bond donors (Lipinski definition) is 1. The Morgan fingerprint density at radius 3 is 2.81 bits per heavy atom. The van der Waals surface area contributed by atoms with Crippen molar-refractivity contribution in [1.82, 2.24) is 9.55 Å². The maximum Gasteiger partial charge on any atom is 0.335 e. The molecule has 0 aliphatic carbocycles. The highest BCUT2D eigenvalue weighted by Crippen LogP contribution is 2.38. The summed E-state index contributed by atoms with van der Waals surface area (Å²) in [6.07, 6.45) is 3.93. The average molecular weight is 479 g/mol. The van der Waals surface area contributed by atoms with Crippen LogP contribution < -0.4 is 4.74 Å². The molecule has 0 spiro atoms. The van der Waals surface area contributed by atoms with Crippen molar-refractivity contribution in [2.24, 2.45) is 0 Å². The van der Waals surface area contributed by atoms with Crippen LogP contribution in [0.5, 0.6) is 5.75 Å². The first kappa shape index (κ1) is 20.8. The minimum Gasteiger partial charge on any atom is -0.488 e. The SMILES string of the molecule is O.O=C(O)c1ccc2c(c1)/C(=C\Cn1cnc3ccccc31)c1cc(Br)ccc1CO2. The molecule has 3 N–H and O–H groups in total. The second-order valence-electron chi connectivity index (χ2n) is 7.11. The molecule has 0 atom stereocenters. The fourth-order valence-electron chi connectivity index (χ4n) is 3.79. The maximum atomic E-state index is 11.6. The van der Waals surface area contributed by atoms with Gasteiger partial charge >= 0.3 is 5.97 Å². The number of ether oxygens (including phenoxy) is 1. The molecule has 0 fully saturated rings. The zero-order valence-electron chi connectivity index (χ0n) is 16.4. The summed E-state index contributed by atoms with van der Waals surface area (Å²) in [4.78, 5) is 16.1. The minimum absolute atomic E-state index is 0. The van der Waals surface area contributed by atoms with E-state index in [4.69, 9.17) is 4.74 Å². The largest absolute Gasteiger partial charge is 0.488 e. The molecule has 0 unspecified atom stereocenters. The van der Waals surface area contributed by atoms with E-state index in [1.165, 1.54) is 0 Å². The minimum atomic E-state index is -0.962. The van der Waals surface area contributed by atoms with Crippen LogP contribution in [0.1, 0.15) is 27.0 Å². The molecule has 4 aromatic rings. The molecule has 1 aliphatic heterocycles. The van der Waals surface area contributed by atoms with E-state index >= 15 is 0 Å². The molecule has 0 radical (unpaired) electrons. The van der Waals surface area contributed by atoms with E-state index in [2.05, 4.69) is 37.6 Å². The van der Waals surface area contributed by atoms with Gasteiger partial charge in [0, 0.05) is 16.6 Å². The molecule has 0 amide bonds. The molecule has 3 aromatic carbocycles. The van der Waals surface area contributed by atoms with E-state index in [1.54, 1.807) is 18.2 Å². The predicted molar refractivity (Wildman–Crippen MR) is 122 cm³/mol. The molecular formula is C24H19BrN2O4. The van der Waals surface area contributed by atoms with Gasteiger partial charge in [0.25, 0.3) is 0 Å². The Morgan fingerprint density at radius 1 is 1.13 bits per heavy atom. The van der Waals surface area contributed by atoms with E-state index in [-0.39, 0.29) is 11.0 Å². The zero-order valence-corrected chi connectivity index (χ0v) is 18.0. The summed E-state index contributed by atoms with van der Waals surface area (Å²) in [6.45, 7) is 1.02. The number of allylic oxidation sites excluding steroid dienone is 1. The molecule has 6 nitrogen and oxygen atoms in total. The smallest absolute Gasteiger partial charge is 0.335 e. The van der Waals surface area contributed by atoms with Crippen molar-refractivity contribution in [3.05, 3.63) is 99.8 Å². The Hall–Kier alpha value is -3.42. The van der Waals surface area contributed by atoms with Crippen molar-refractivity contribution in [2.45, 2.75) is 13.2 Å². The number of fused-ring (bicyclic) bond motifs is 3. The van der Waals surface area contributed by atoms with Gasteiger partial charge in [-0.05, 0) is 59.2 Å². The number of carbonyl (C=O) groups is 1. The summed E-state index contributed by atoms with van der Waals surface area (Å²) in [5.41, 5.74) is 6.01. The molecule has 2 heterocycles. The number of rotatable bonds is 3. The Balaban J connectivity index is 0.00000231. The van der Waals surface area contributed by atoms with Crippen LogP contribution in [0.3, 0.4) is 0 Å². The number of nitrogens with zero attached hydrogens (tertiary/aromatic N) is 2. The first-order valence-electron chi connectivity index (χ1n) is 9.49. The molecule has 0 saturated heterocycles. The lowest BCUT2D eigenvalue weighted by atomic mass is 9.93. The highest BCUT2D eigenvalue weighted by Gasteiger charge is 2.21. The summed E-state index contributed by atoms with van der Waals surface area (Å²) in [7, 11) is 0. The molecule has 1 aliphatic rings. The summed E-state index contributed by atoms with van der Waals surface area (Å²) in [6, 6.07) is 19.1. The second-order valence-corrected chi connectivity index (χ2v) is 8.03. The Labute approximate surface area is 186 Å². The average Bonchev–Trinajstić information content (AvgIpc) is 3.10. The van der Waals surface area contributed by atoms with Gasteiger partial charge in [-0.2, -0.15) is 0 Å². The van der Waals surface area contributed by atoms with Gasteiger partial charge in [-0.1, -0.05) is 40.2 Å². The topological polar surface area (TPSA) is 95.8 Å². The Bertz CT molecular complexity index is 1330. The van der Waals surface area contributed by atoms with E-state index in [0.717, 1.165) is 37.8 Å². The van der Waals surface area contributed by atoms with Crippen LogP contribution in [0.4, 0.5) is 0 Å². The Morgan fingerprint density at radius 2 is 1.97 bits per heavy atom. The standard InChI is InChI=1S/C24H17BrN2O3.H2O/c25-17-7-5-16-13-30-23-8-6-15(24(28)29)11-20(23)18(19(16)12-17)9-10-27-14-26-21-3-1-2-4-22(21)27;/h1-9,11-12,14H,10,13H2,(H,28,29);1H2/b18-9-;. The van der Waals surface area contributed by atoms with Gasteiger partial charge in [0.15, 0.2) is 0 Å². The van der Waals surface area contributed by atoms with Gasteiger partial charge < -0.3 is 19.9 Å². The van der Waals surface area contributed by atoms with E-state index < -0.39 is 5.97 Å². The lowest BCUT2D eigenvalue weighted by Crippen LogP contribution is -2.00. The Kier molecular flexibility index (Phi) is 5.63. The van der Waals surface area contributed by atoms with Crippen LogP contribution >= 0.6 is 15.9 Å². The first-order valence-corrected chi connectivity index (χ1v) is 10.3. The van der Waals surface area contributed by atoms with Gasteiger partial charge in [-0.25, -0.2) is 9.78 Å². The van der Waals surface area contributed by atoms with E-state index in [9.17, 15) is 9.90 Å². The van der Waals surface area contributed by atoms with Gasteiger partial charge in [-0.15, -0.1) is 0 Å². The number of aromatic nitrogens is 2. The van der Waals surface area contributed by atoms with Crippen LogP contribution in [-0.2, 0) is 13.2 Å². The monoisotopic (exact) mass is 478 g/mol. The summed E-state index contributed by atoms with van der Waals surface area (Å²) < 4.78 is 9.05. The van der Waals surface area contributed by atoms with E-state index in [0.29, 0.717) is 18.9 Å². The third kappa shape index (κ3) is 3.85. The third-order valence-electron chi connectivity index (χ3n) is 5.28. The summed E-state index contributed by atoms with van der Waals surface area (Å²) in [5, 5.41) is 9.50. The lowest BCUT2D eigenvalue weighted by Gasteiger charge is -2.12. The summed E-state index contributed by atoms with van der Waals surface area (Å²) >= 11 is 3.57. The predicted octanol–water partition coefficient (Wildman–Crippen LogP) is 4.70. The zero-order chi connectivity index (χ0) is 20.7. The number of hydrogen-bond acceptors (Lipinski definition) is 3. The fourth-order valence-corrected chi connectivity index (χ4v) is 4.15. The number of carboxylic acids is 1. The maximum absolute atomic E-state index is 11.6. The number of aromatic carboxylic acids is 1. The van der Waals surface area contributed by atoms with Gasteiger partial charge in [0.05, 0.1) is 22.9 Å². The first-order chi connectivity index (χ1) is 14.6. The number of para-hydroxylation sites is 2. The van der Waals surface area contributed by atoms with Crippen LogP contribution in [0.25, 0.3) is 16.6 Å². The molecule has 1 aromatic heterocycles. The van der Waals surface area contributed by atoms with Crippen molar-refractivity contribution in [3.8, 4) is 5.75 Å². The van der Waals surface area contributed by atoms with Crippen molar-refractivity contribution >= 4 is 38.5 Å². The molecule has 7 heteroatoms. The highest BCUT2D eigenvalue weighted by molar-refractivity contribution is 9.10. The molecule has 5 rings (SSSR count). The molecule has 31 heavy (non-hydrogen) atoms. The van der Waals surface area contributed by atoms with Crippen molar-refractivity contribution in [2.75, 3.05) is 0 Å². The second kappa shape index (κ2) is 8.37. The van der Waals surface area contributed by atoms with Crippen LogP contribution in [0, 0.1) is 0 Å². The highest BCUT2D eigenvalue weighted by atomic mass is 79.9. The molecule has 0 saturated carbocycles. The van der Waals surface area contributed by atoms with Crippen molar-refractivity contribution in [3.63, 3.8) is 0 Å². The van der Waals surface area contributed by atoms with Crippen LogP contribution in [0.15, 0.2) is 77.5 Å². The number of benzene rings is 3. The number of carboxylic acid groups (broad SMARTS) is 1. The summed E-state index contributed by atoms with van der Waals surface area (Å²) in [5.74, 6) is -0.287. The van der Waals surface area contributed by atoms with Gasteiger partial charge in [-0.3, -0.25) is 0 Å². The molecule has 156 valence electrons. The number of imidazole rings is 1. The molecule has 0 bridgehead atoms. The van der Waals surface area contributed by atoms with Crippen LogP contribution in [0.2, 0.25) is 0 Å². The lowest BCUT2D eigenvalue weighted by molar-refractivity contribution is 0.0697. The van der Waals surface area contributed by atoms with Crippen LogP contribution in [-0.4, -0.2) is 26.1 Å².